The molecule has 14 heavy (non-hydrogen) atoms. The van der Waals surface area contributed by atoms with E-state index in [1.807, 2.05) is 12.2 Å². The molecule has 1 rings (SSSR count). The monoisotopic (exact) mass is 258 g/mol. The Hall–Kier alpha value is -0.410. The van der Waals surface area contributed by atoms with Crippen molar-refractivity contribution in [2.75, 3.05) is 5.33 Å². The van der Waals surface area contributed by atoms with Gasteiger partial charge in [0.2, 0.25) is 0 Å². The first-order valence-electron chi connectivity index (χ1n) is 4.78. The highest BCUT2D eigenvalue weighted by Gasteiger charge is 2.23. The predicted octanol–water partition coefficient (Wildman–Crippen LogP) is 2.63. The van der Waals surface area contributed by atoms with Crippen LogP contribution in [-0.2, 0) is 9.53 Å². The van der Waals surface area contributed by atoms with Gasteiger partial charge in [-0.2, -0.15) is 0 Å². The maximum absolute atomic E-state index is 11.3. The molecule has 3 heteroatoms. The number of ether oxygens (including phenoxy) is 1. The summed E-state index contributed by atoms with van der Waals surface area (Å²) in [6.45, 7) is 3.64. The molecule has 1 aliphatic heterocycles. The van der Waals surface area contributed by atoms with Gasteiger partial charge in [0.1, 0.15) is 5.78 Å². The Kier molecular flexibility index (Phi) is 5.12. The van der Waals surface area contributed by atoms with E-state index in [-0.39, 0.29) is 18.0 Å². The molecule has 0 saturated carbocycles. The molecule has 0 aromatic rings. The summed E-state index contributed by atoms with van der Waals surface area (Å²) >= 11 is 3.34. The quantitative estimate of drug-likeness (QED) is 0.573. The van der Waals surface area contributed by atoms with Gasteiger partial charge in [-0.3, -0.25) is 4.79 Å². The van der Waals surface area contributed by atoms with Crippen LogP contribution in [0.4, 0.5) is 0 Å². The van der Waals surface area contributed by atoms with Crippen molar-refractivity contribution >= 4 is 21.7 Å². The van der Waals surface area contributed by atoms with Crippen LogP contribution in [0.5, 0.6) is 0 Å². The van der Waals surface area contributed by atoms with E-state index in [9.17, 15) is 4.79 Å². The number of ketones is 1. The number of carbonyl (C=O) groups excluding carboxylic acids is 1. The Labute approximate surface area is 93.1 Å². The zero-order valence-electron chi connectivity index (χ0n) is 8.12. The standard InChI is InChI=1S/C11H15BrO2/c1-2-10-7-9(13)8-11(14-10)5-3-4-6-12/h2-3,5,10-11H,1,4,6-8H2/b5-3+/t10-,11+/m0/s1. The third kappa shape index (κ3) is 3.76. The van der Waals surface area contributed by atoms with E-state index in [1.54, 1.807) is 6.08 Å². The molecule has 0 N–H and O–H groups in total. The second-order valence-corrected chi connectivity index (χ2v) is 4.09. The van der Waals surface area contributed by atoms with Crippen LogP contribution in [-0.4, -0.2) is 23.3 Å². The van der Waals surface area contributed by atoms with E-state index >= 15 is 0 Å². The van der Waals surface area contributed by atoms with E-state index in [0.717, 1.165) is 11.8 Å². The number of allylic oxidation sites excluding steroid dienone is 1. The molecule has 0 aromatic heterocycles. The van der Waals surface area contributed by atoms with Crippen LogP contribution in [0.1, 0.15) is 19.3 Å². The summed E-state index contributed by atoms with van der Waals surface area (Å²) in [5.74, 6) is 0.259. The van der Waals surface area contributed by atoms with Crippen molar-refractivity contribution in [1.29, 1.82) is 0 Å². The number of rotatable bonds is 4. The van der Waals surface area contributed by atoms with Gasteiger partial charge in [-0.05, 0) is 6.42 Å². The first kappa shape index (κ1) is 11.7. The van der Waals surface area contributed by atoms with Crippen LogP contribution in [0.15, 0.2) is 24.8 Å². The molecule has 0 bridgehead atoms. The number of alkyl halides is 1. The van der Waals surface area contributed by atoms with Crippen molar-refractivity contribution in [2.24, 2.45) is 0 Å². The molecule has 0 amide bonds. The third-order valence-corrected chi connectivity index (χ3v) is 2.55. The van der Waals surface area contributed by atoms with Crippen molar-refractivity contribution < 1.29 is 9.53 Å². The molecule has 0 unspecified atom stereocenters. The summed E-state index contributed by atoms with van der Waals surface area (Å²) in [5.41, 5.74) is 0. The Morgan fingerprint density at radius 3 is 2.86 bits per heavy atom. The molecule has 2 nitrogen and oxygen atoms in total. The Bertz CT molecular complexity index is 235. The van der Waals surface area contributed by atoms with Crippen molar-refractivity contribution in [3.8, 4) is 0 Å². The van der Waals surface area contributed by atoms with Crippen molar-refractivity contribution in [2.45, 2.75) is 31.5 Å². The highest BCUT2D eigenvalue weighted by atomic mass is 79.9. The average Bonchev–Trinajstić information content (AvgIpc) is 2.17. The highest BCUT2D eigenvalue weighted by molar-refractivity contribution is 9.09. The van der Waals surface area contributed by atoms with Gasteiger partial charge in [0.15, 0.2) is 0 Å². The van der Waals surface area contributed by atoms with Crippen LogP contribution >= 0.6 is 15.9 Å². The minimum absolute atomic E-state index is 0.0571. The fraction of sp³-hybridized carbons (Fsp3) is 0.545. The third-order valence-electron chi connectivity index (χ3n) is 2.10. The molecule has 1 fully saturated rings. The lowest BCUT2D eigenvalue weighted by atomic mass is 10.0. The van der Waals surface area contributed by atoms with Crippen LogP contribution < -0.4 is 0 Å². The van der Waals surface area contributed by atoms with Gasteiger partial charge < -0.3 is 4.74 Å². The number of carbonyl (C=O) groups is 1. The minimum atomic E-state index is -0.102. The maximum Gasteiger partial charge on any atom is 0.138 e. The second-order valence-electron chi connectivity index (χ2n) is 3.30. The zero-order valence-corrected chi connectivity index (χ0v) is 9.70. The Morgan fingerprint density at radius 2 is 2.21 bits per heavy atom. The highest BCUT2D eigenvalue weighted by Crippen LogP contribution is 2.17. The molecular formula is C11H15BrO2. The van der Waals surface area contributed by atoms with Gasteiger partial charge in [0, 0.05) is 18.2 Å². The van der Waals surface area contributed by atoms with Crippen LogP contribution in [0.25, 0.3) is 0 Å². The van der Waals surface area contributed by atoms with Gasteiger partial charge in [-0.15, -0.1) is 6.58 Å². The van der Waals surface area contributed by atoms with Gasteiger partial charge in [-0.1, -0.05) is 34.2 Å². The lowest BCUT2D eigenvalue weighted by molar-refractivity contribution is -0.129. The van der Waals surface area contributed by atoms with Crippen molar-refractivity contribution in [3.63, 3.8) is 0 Å². The molecule has 78 valence electrons. The molecule has 0 aromatic carbocycles. The molecule has 1 heterocycles. The summed E-state index contributed by atoms with van der Waals surface area (Å²) < 4.78 is 5.61. The fourth-order valence-electron chi connectivity index (χ4n) is 1.42. The van der Waals surface area contributed by atoms with Crippen LogP contribution in [0, 0.1) is 0 Å². The molecule has 2 atom stereocenters. The Morgan fingerprint density at radius 1 is 1.50 bits per heavy atom. The Balaban J connectivity index is 2.44. The molecule has 0 radical (unpaired) electrons. The SMILES string of the molecule is C=C[C@H]1CC(=O)C[C@@H](/C=C/CCBr)O1. The van der Waals surface area contributed by atoms with E-state index < -0.39 is 0 Å². The average molecular weight is 259 g/mol. The first-order chi connectivity index (χ1) is 6.76. The number of hydrogen-bond acceptors (Lipinski definition) is 2. The summed E-state index contributed by atoms with van der Waals surface area (Å²) in [7, 11) is 0. The van der Waals surface area contributed by atoms with Gasteiger partial charge >= 0.3 is 0 Å². The fourth-order valence-corrected chi connectivity index (χ4v) is 1.68. The van der Waals surface area contributed by atoms with Crippen molar-refractivity contribution in [3.05, 3.63) is 24.8 Å². The van der Waals surface area contributed by atoms with Gasteiger partial charge in [0.25, 0.3) is 0 Å². The molecule has 1 aliphatic rings. The van der Waals surface area contributed by atoms with Gasteiger partial charge in [0.05, 0.1) is 12.2 Å². The summed E-state index contributed by atoms with van der Waals surface area (Å²) in [6.07, 6.45) is 7.49. The number of Topliss-reactive ketones (excluding diaryl/α,β-unsaturated/α-hetero) is 1. The maximum atomic E-state index is 11.3. The molecular weight excluding hydrogens is 244 g/mol. The number of halogens is 1. The lowest BCUT2D eigenvalue weighted by Gasteiger charge is -2.25. The van der Waals surface area contributed by atoms with E-state index in [4.69, 9.17) is 4.74 Å². The zero-order chi connectivity index (χ0) is 10.4. The first-order valence-corrected chi connectivity index (χ1v) is 5.90. The van der Waals surface area contributed by atoms with E-state index in [0.29, 0.717) is 12.8 Å². The summed E-state index contributed by atoms with van der Waals surface area (Å²) in [6, 6.07) is 0. The molecule has 1 saturated heterocycles. The summed E-state index contributed by atoms with van der Waals surface area (Å²) in [4.78, 5) is 11.3. The lowest BCUT2D eigenvalue weighted by Crippen LogP contribution is -2.30. The van der Waals surface area contributed by atoms with E-state index in [1.165, 1.54) is 0 Å². The number of hydrogen-bond donors (Lipinski definition) is 0. The van der Waals surface area contributed by atoms with Crippen LogP contribution in [0.2, 0.25) is 0 Å². The summed E-state index contributed by atoms with van der Waals surface area (Å²) in [5, 5.41) is 0.940. The van der Waals surface area contributed by atoms with Crippen molar-refractivity contribution in [1.82, 2.24) is 0 Å². The smallest absolute Gasteiger partial charge is 0.138 e. The topological polar surface area (TPSA) is 26.3 Å². The molecule has 0 aliphatic carbocycles. The molecule has 0 spiro atoms. The van der Waals surface area contributed by atoms with E-state index in [2.05, 4.69) is 22.5 Å². The minimum Gasteiger partial charge on any atom is -0.366 e. The normalized spacial score (nSPS) is 28.2. The van der Waals surface area contributed by atoms with Gasteiger partial charge in [-0.25, -0.2) is 0 Å². The van der Waals surface area contributed by atoms with Crippen LogP contribution in [0.3, 0.4) is 0 Å². The second kappa shape index (κ2) is 6.14. The predicted molar refractivity (Wildman–Crippen MR) is 60.7 cm³/mol. The largest absolute Gasteiger partial charge is 0.366 e.